The van der Waals surface area contributed by atoms with Gasteiger partial charge in [-0.15, -0.1) is 0 Å². The lowest BCUT2D eigenvalue weighted by molar-refractivity contribution is -0.137. The third kappa shape index (κ3) is 6.57. The van der Waals surface area contributed by atoms with Crippen LogP contribution in [0.4, 0.5) is 13.2 Å². The molecule has 1 rings (SSSR count). The number of carbonyl (C=O) groups excluding carboxylic acids is 2. The Morgan fingerprint density at radius 2 is 1.75 bits per heavy atom. The van der Waals surface area contributed by atoms with Crippen molar-refractivity contribution in [3.63, 3.8) is 0 Å². The maximum Gasteiger partial charge on any atom is 0.416 e. The Morgan fingerprint density at radius 1 is 1.17 bits per heavy atom. The molecule has 0 radical (unpaired) electrons. The average Bonchev–Trinajstić information content (AvgIpc) is 2.50. The maximum absolute atomic E-state index is 12.5. The molecule has 0 aliphatic rings. The summed E-state index contributed by atoms with van der Waals surface area (Å²) in [4.78, 5) is 23.6. The summed E-state index contributed by atoms with van der Waals surface area (Å²) in [5.74, 6) is -0.654. The van der Waals surface area contributed by atoms with E-state index in [1.54, 1.807) is 0 Å². The van der Waals surface area contributed by atoms with E-state index in [1.807, 2.05) is 13.8 Å². The second-order valence-corrected chi connectivity index (χ2v) is 5.89. The molecule has 1 atom stereocenters. The number of rotatable bonds is 7. The second-order valence-electron chi connectivity index (χ2n) is 5.89. The van der Waals surface area contributed by atoms with Crippen LogP contribution in [-0.4, -0.2) is 30.9 Å². The van der Waals surface area contributed by atoms with Crippen LogP contribution in [0.15, 0.2) is 24.3 Å². The van der Waals surface area contributed by atoms with Gasteiger partial charge < -0.3 is 16.4 Å². The summed E-state index contributed by atoms with van der Waals surface area (Å²) in [6.07, 6.45) is -3.74. The van der Waals surface area contributed by atoms with Crippen molar-refractivity contribution in [1.29, 1.82) is 0 Å². The molecular weight excluding hydrogens is 323 g/mol. The van der Waals surface area contributed by atoms with E-state index in [2.05, 4.69) is 10.6 Å². The smallest absolute Gasteiger partial charge is 0.351 e. The zero-order valence-corrected chi connectivity index (χ0v) is 13.6. The van der Waals surface area contributed by atoms with Crippen LogP contribution in [0.2, 0.25) is 0 Å². The summed E-state index contributed by atoms with van der Waals surface area (Å²) >= 11 is 0. The van der Waals surface area contributed by atoms with E-state index >= 15 is 0 Å². The molecule has 0 heterocycles. The van der Waals surface area contributed by atoms with Gasteiger partial charge in [-0.3, -0.25) is 9.59 Å². The van der Waals surface area contributed by atoms with Crippen LogP contribution >= 0.6 is 0 Å². The van der Waals surface area contributed by atoms with Crippen molar-refractivity contribution in [2.75, 3.05) is 13.1 Å². The largest absolute Gasteiger partial charge is 0.416 e. The molecule has 0 aliphatic carbocycles. The highest BCUT2D eigenvalue weighted by molar-refractivity contribution is 5.96. The van der Waals surface area contributed by atoms with Crippen LogP contribution in [0.5, 0.6) is 0 Å². The Kier molecular flexibility index (Phi) is 7.21. The molecule has 8 heteroatoms. The molecule has 1 unspecified atom stereocenters. The molecule has 0 aliphatic heterocycles. The van der Waals surface area contributed by atoms with Crippen molar-refractivity contribution in [3.8, 4) is 0 Å². The molecule has 0 bridgehead atoms. The van der Waals surface area contributed by atoms with Crippen molar-refractivity contribution < 1.29 is 22.8 Å². The van der Waals surface area contributed by atoms with Gasteiger partial charge in [-0.1, -0.05) is 13.8 Å². The van der Waals surface area contributed by atoms with Gasteiger partial charge in [0.25, 0.3) is 5.91 Å². The molecule has 2 amide bonds. The van der Waals surface area contributed by atoms with E-state index in [1.165, 1.54) is 0 Å². The van der Waals surface area contributed by atoms with E-state index in [0.717, 1.165) is 30.7 Å². The molecule has 134 valence electrons. The summed E-state index contributed by atoms with van der Waals surface area (Å²) in [7, 11) is 0. The molecular formula is C16H22F3N3O2. The third-order valence-electron chi connectivity index (χ3n) is 3.29. The van der Waals surface area contributed by atoms with Crippen LogP contribution in [-0.2, 0) is 11.0 Å². The molecule has 1 aromatic carbocycles. The number of alkyl halides is 3. The normalized spacial score (nSPS) is 12.8. The fourth-order valence-corrected chi connectivity index (χ4v) is 2.14. The Labute approximate surface area is 138 Å². The topological polar surface area (TPSA) is 84.2 Å². The Hall–Kier alpha value is -2.09. The van der Waals surface area contributed by atoms with Crippen molar-refractivity contribution in [2.24, 2.45) is 11.7 Å². The van der Waals surface area contributed by atoms with Crippen molar-refractivity contribution in [1.82, 2.24) is 10.6 Å². The first-order valence-electron chi connectivity index (χ1n) is 7.58. The fourth-order valence-electron chi connectivity index (χ4n) is 2.14. The number of carbonyl (C=O) groups is 2. The zero-order chi connectivity index (χ0) is 18.3. The SMILES string of the molecule is CC(C)CC(CN)NC(=O)CNC(=O)c1ccc(C(F)(F)F)cc1. The second kappa shape index (κ2) is 8.68. The van der Waals surface area contributed by atoms with Crippen molar-refractivity contribution in [3.05, 3.63) is 35.4 Å². The molecule has 5 nitrogen and oxygen atoms in total. The molecule has 0 spiro atoms. The molecule has 4 N–H and O–H groups in total. The minimum absolute atomic E-state index is 0.0494. The highest BCUT2D eigenvalue weighted by atomic mass is 19.4. The molecule has 1 aromatic rings. The van der Waals surface area contributed by atoms with Gasteiger partial charge in [-0.25, -0.2) is 0 Å². The van der Waals surface area contributed by atoms with Crippen LogP contribution < -0.4 is 16.4 Å². The quantitative estimate of drug-likeness (QED) is 0.706. The van der Waals surface area contributed by atoms with E-state index in [-0.39, 0.29) is 24.7 Å². The van der Waals surface area contributed by atoms with Gasteiger partial charge in [0.1, 0.15) is 0 Å². The first kappa shape index (κ1) is 20.0. The van der Waals surface area contributed by atoms with Crippen molar-refractivity contribution >= 4 is 11.8 Å². The van der Waals surface area contributed by atoms with Crippen LogP contribution in [0.1, 0.15) is 36.2 Å². The molecule has 0 saturated carbocycles. The number of nitrogens with two attached hydrogens (primary N) is 1. The number of hydrogen-bond acceptors (Lipinski definition) is 3. The number of halogens is 3. The van der Waals surface area contributed by atoms with Gasteiger partial charge in [0.2, 0.25) is 5.91 Å². The van der Waals surface area contributed by atoms with Crippen LogP contribution in [0.3, 0.4) is 0 Å². The van der Waals surface area contributed by atoms with E-state index in [9.17, 15) is 22.8 Å². The Bertz CT molecular complexity index is 557. The summed E-state index contributed by atoms with van der Waals surface area (Å²) < 4.78 is 37.4. The van der Waals surface area contributed by atoms with E-state index < -0.39 is 23.6 Å². The molecule has 0 aromatic heterocycles. The summed E-state index contributed by atoms with van der Waals surface area (Å²) in [6, 6.07) is 3.60. The van der Waals surface area contributed by atoms with Crippen LogP contribution in [0, 0.1) is 5.92 Å². The predicted octanol–water partition coefficient (Wildman–Crippen LogP) is 1.92. The van der Waals surface area contributed by atoms with Crippen molar-refractivity contribution in [2.45, 2.75) is 32.5 Å². The zero-order valence-electron chi connectivity index (χ0n) is 13.6. The number of benzene rings is 1. The lowest BCUT2D eigenvalue weighted by atomic mass is 10.0. The molecule has 0 fully saturated rings. The summed E-state index contributed by atoms with van der Waals surface area (Å²) in [5, 5.41) is 5.07. The van der Waals surface area contributed by atoms with Gasteiger partial charge in [-0.2, -0.15) is 13.2 Å². The Balaban J connectivity index is 2.52. The highest BCUT2D eigenvalue weighted by Gasteiger charge is 2.30. The van der Waals surface area contributed by atoms with Gasteiger partial charge in [0.15, 0.2) is 0 Å². The average molecular weight is 345 g/mol. The first-order valence-corrected chi connectivity index (χ1v) is 7.58. The van der Waals surface area contributed by atoms with Gasteiger partial charge in [-0.05, 0) is 36.6 Å². The van der Waals surface area contributed by atoms with Crippen LogP contribution in [0.25, 0.3) is 0 Å². The predicted molar refractivity (Wildman–Crippen MR) is 84.2 cm³/mol. The van der Waals surface area contributed by atoms with E-state index in [4.69, 9.17) is 5.73 Å². The molecule has 24 heavy (non-hydrogen) atoms. The lowest BCUT2D eigenvalue weighted by Gasteiger charge is -2.19. The lowest BCUT2D eigenvalue weighted by Crippen LogP contribution is -2.45. The van der Waals surface area contributed by atoms with E-state index in [0.29, 0.717) is 5.92 Å². The van der Waals surface area contributed by atoms with Gasteiger partial charge in [0.05, 0.1) is 12.1 Å². The monoisotopic (exact) mass is 345 g/mol. The fraction of sp³-hybridized carbons (Fsp3) is 0.500. The van der Waals surface area contributed by atoms with Gasteiger partial charge in [0, 0.05) is 18.2 Å². The minimum atomic E-state index is -4.46. The van der Waals surface area contributed by atoms with Gasteiger partial charge >= 0.3 is 6.18 Å². The molecule has 0 saturated heterocycles. The number of amides is 2. The summed E-state index contributed by atoms with van der Waals surface area (Å²) in [5.41, 5.74) is 4.78. The minimum Gasteiger partial charge on any atom is -0.351 e. The Morgan fingerprint density at radius 3 is 2.21 bits per heavy atom. The first-order chi connectivity index (χ1) is 11.1. The number of nitrogens with one attached hydrogen (secondary N) is 2. The standard InChI is InChI=1S/C16H22F3N3O2/c1-10(2)7-13(8-20)22-14(23)9-21-15(24)11-3-5-12(6-4-11)16(17,18)19/h3-6,10,13H,7-9,20H2,1-2H3,(H,21,24)(H,22,23). The maximum atomic E-state index is 12.5. The highest BCUT2D eigenvalue weighted by Crippen LogP contribution is 2.28. The summed E-state index contributed by atoms with van der Waals surface area (Å²) in [6.45, 7) is 4.02. The number of hydrogen-bond donors (Lipinski definition) is 3. The third-order valence-corrected chi connectivity index (χ3v) is 3.29.